The summed E-state index contributed by atoms with van der Waals surface area (Å²) in [6.07, 6.45) is 0. The summed E-state index contributed by atoms with van der Waals surface area (Å²) in [5.74, 6) is -0.359. The molecule has 0 atom stereocenters. The molecule has 2 aromatic carbocycles. The highest BCUT2D eigenvalue weighted by Gasteiger charge is 2.20. The molecule has 8 heteroatoms. The normalized spacial score (nSPS) is 15.3. The number of benzene rings is 2. The third-order valence-corrected chi connectivity index (χ3v) is 4.34. The minimum atomic E-state index is -0.759. The topological polar surface area (TPSA) is 89.1 Å². The smallest absolute Gasteiger partial charge is 0.314 e. The van der Waals surface area contributed by atoms with E-state index in [0.717, 1.165) is 18.8 Å². The summed E-state index contributed by atoms with van der Waals surface area (Å²) in [5, 5.41) is 5.26. The standard InChI is InChI=1S/C19H19N3O5/c23-18(20-13-5-6-16-17(11-13)27-12-26-16)19(24)21-14-3-1-2-4-15(14)22-7-9-25-10-8-22/h1-6,11H,7-10,12H2,(H,20,23)(H,21,24). The molecule has 2 aliphatic rings. The first-order chi connectivity index (χ1) is 13.2. The maximum atomic E-state index is 12.4. The first-order valence-corrected chi connectivity index (χ1v) is 8.64. The number of para-hydroxylation sites is 2. The van der Waals surface area contributed by atoms with E-state index in [9.17, 15) is 9.59 Å². The van der Waals surface area contributed by atoms with E-state index in [4.69, 9.17) is 14.2 Å². The molecule has 1 saturated heterocycles. The summed E-state index contributed by atoms with van der Waals surface area (Å²) in [7, 11) is 0. The van der Waals surface area contributed by atoms with Crippen LogP contribution in [-0.2, 0) is 14.3 Å². The van der Waals surface area contributed by atoms with Gasteiger partial charge in [-0.05, 0) is 24.3 Å². The first-order valence-electron chi connectivity index (χ1n) is 8.64. The molecule has 2 amide bonds. The number of carbonyl (C=O) groups is 2. The van der Waals surface area contributed by atoms with Crippen molar-refractivity contribution in [1.82, 2.24) is 0 Å². The van der Waals surface area contributed by atoms with Crippen molar-refractivity contribution in [2.75, 3.05) is 48.6 Å². The molecule has 0 spiro atoms. The Balaban J connectivity index is 1.43. The number of morpholine rings is 1. The van der Waals surface area contributed by atoms with Crippen LogP contribution in [0, 0.1) is 0 Å². The van der Waals surface area contributed by atoms with E-state index in [-0.39, 0.29) is 6.79 Å². The molecule has 0 aliphatic carbocycles. The molecule has 0 radical (unpaired) electrons. The van der Waals surface area contributed by atoms with Crippen molar-refractivity contribution in [3.8, 4) is 11.5 Å². The molecule has 2 aliphatic heterocycles. The zero-order chi connectivity index (χ0) is 18.6. The molecule has 0 bridgehead atoms. The van der Waals surface area contributed by atoms with Gasteiger partial charge in [-0.3, -0.25) is 9.59 Å². The highest BCUT2D eigenvalue weighted by Crippen LogP contribution is 2.34. The minimum absolute atomic E-state index is 0.144. The van der Waals surface area contributed by atoms with Crippen LogP contribution in [0.5, 0.6) is 11.5 Å². The fourth-order valence-electron chi connectivity index (χ4n) is 3.00. The second-order valence-electron chi connectivity index (χ2n) is 6.09. The van der Waals surface area contributed by atoms with Gasteiger partial charge in [0.15, 0.2) is 11.5 Å². The highest BCUT2D eigenvalue weighted by molar-refractivity contribution is 6.44. The molecule has 0 saturated carbocycles. The van der Waals surface area contributed by atoms with Crippen molar-refractivity contribution >= 4 is 28.9 Å². The number of fused-ring (bicyclic) bond motifs is 1. The molecule has 27 heavy (non-hydrogen) atoms. The van der Waals surface area contributed by atoms with Gasteiger partial charge in [-0.2, -0.15) is 0 Å². The van der Waals surface area contributed by atoms with Crippen molar-refractivity contribution in [3.63, 3.8) is 0 Å². The molecular weight excluding hydrogens is 350 g/mol. The summed E-state index contributed by atoms with van der Waals surface area (Å²) < 4.78 is 15.9. The van der Waals surface area contributed by atoms with Gasteiger partial charge in [0.2, 0.25) is 6.79 Å². The van der Waals surface area contributed by atoms with Crippen molar-refractivity contribution in [3.05, 3.63) is 42.5 Å². The summed E-state index contributed by atoms with van der Waals surface area (Å²) >= 11 is 0. The van der Waals surface area contributed by atoms with Gasteiger partial charge in [-0.25, -0.2) is 0 Å². The number of ether oxygens (including phenoxy) is 3. The van der Waals surface area contributed by atoms with Crippen LogP contribution in [0.15, 0.2) is 42.5 Å². The number of nitrogens with one attached hydrogen (secondary N) is 2. The Kier molecular flexibility index (Phi) is 4.80. The van der Waals surface area contributed by atoms with Crippen LogP contribution in [0.4, 0.5) is 17.1 Å². The van der Waals surface area contributed by atoms with E-state index in [0.29, 0.717) is 36.1 Å². The summed E-state index contributed by atoms with van der Waals surface area (Å²) in [6.45, 7) is 2.87. The molecule has 1 fully saturated rings. The van der Waals surface area contributed by atoms with Gasteiger partial charge in [0.05, 0.1) is 24.6 Å². The SMILES string of the molecule is O=C(Nc1ccc2c(c1)OCO2)C(=O)Nc1ccccc1N1CCOCC1. The molecule has 0 aromatic heterocycles. The molecule has 2 N–H and O–H groups in total. The number of nitrogens with zero attached hydrogens (tertiary/aromatic N) is 1. The lowest BCUT2D eigenvalue weighted by Gasteiger charge is -2.30. The monoisotopic (exact) mass is 369 g/mol. The number of hydrogen-bond donors (Lipinski definition) is 2. The molecule has 2 aromatic rings. The van der Waals surface area contributed by atoms with Gasteiger partial charge >= 0.3 is 11.8 Å². The van der Waals surface area contributed by atoms with Crippen molar-refractivity contribution in [2.24, 2.45) is 0 Å². The minimum Gasteiger partial charge on any atom is -0.454 e. The number of rotatable bonds is 3. The van der Waals surface area contributed by atoms with Crippen molar-refractivity contribution < 1.29 is 23.8 Å². The van der Waals surface area contributed by atoms with Crippen LogP contribution in [0.2, 0.25) is 0 Å². The largest absolute Gasteiger partial charge is 0.454 e. The van der Waals surface area contributed by atoms with Gasteiger partial charge in [-0.1, -0.05) is 12.1 Å². The maximum Gasteiger partial charge on any atom is 0.314 e. The van der Waals surface area contributed by atoms with Gasteiger partial charge in [0.1, 0.15) is 0 Å². The van der Waals surface area contributed by atoms with Crippen LogP contribution in [0.25, 0.3) is 0 Å². The lowest BCUT2D eigenvalue weighted by molar-refractivity contribution is -0.132. The average molecular weight is 369 g/mol. The second-order valence-corrected chi connectivity index (χ2v) is 6.09. The quantitative estimate of drug-likeness (QED) is 0.803. The predicted molar refractivity (Wildman–Crippen MR) is 99.3 cm³/mol. The predicted octanol–water partition coefficient (Wildman–Crippen LogP) is 1.83. The molecule has 8 nitrogen and oxygen atoms in total. The van der Waals surface area contributed by atoms with E-state index < -0.39 is 11.8 Å². The summed E-state index contributed by atoms with van der Waals surface area (Å²) in [5.41, 5.74) is 1.91. The van der Waals surface area contributed by atoms with Crippen molar-refractivity contribution in [2.45, 2.75) is 0 Å². The van der Waals surface area contributed by atoms with Crippen LogP contribution >= 0.6 is 0 Å². The van der Waals surface area contributed by atoms with E-state index >= 15 is 0 Å². The zero-order valence-electron chi connectivity index (χ0n) is 14.6. The van der Waals surface area contributed by atoms with E-state index in [1.54, 1.807) is 24.3 Å². The van der Waals surface area contributed by atoms with Gasteiger partial charge < -0.3 is 29.7 Å². The van der Waals surface area contributed by atoms with Gasteiger partial charge in [0, 0.05) is 24.8 Å². The Morgan fingerprint density at radius 1 is 0.889 bits per heavy atom. The highest BCUT2D eigenvalue weighted by atomic mass is 16.7. The number of carbonyl (C=O) groups excluding carboxylic acids is 2. The number of anilines is 3. The molecule has 4 rings (SSSR count). The fraction of sp³-hybridized carbons (Fsp3) is 0.263. The lowest BCUT2D eigenvalue weighted by atomic mass is 10.2. The molecule has 0 unspecified atom stereocenters. The zero-order valence-corrected chi connectivity index (χ0v) is 14.6. The molecule has 140 valence electrons. The van der Waals surface area contributed by atoms with Crippen LogP contribution < -0.4 is 25.0 Å². The third-order valence-electron chi connectivity index (χ3n) is 4.34. The average Bonchev–Trinajstić information content (AvgIpc) is 3.17. The summed E-state index contributed by atoms with van der Waals surface area (Å²) in [6, 6.07) is 12.4. The molecule has 2 heterocycles. The number of amides is 2. The van der Waals surface area contributed by atoms with E-state index in [1.807, 2.05) is 18.2 Å². The van der Waals surface area contributed by atoms with E-state index in [2.05, 4.69) is 15.5 Å². The first kappa shape index (κ1) is 17.2. The second kappa shape index (κ2) is 7.55. The molecular formula is C19H19N3O5. The van der Waals surface area contributed by atoms with Crippen molar-refractivity contribution in [1.29, 1.82) is 0 Å². The Labute approximate surface area is 156 Å². The van der Waals surface area contributed by atoms with Gasteiger partial charge in [0.25, 0.3) is 0 Å². The Morgan fingerprint density at radius 3 is 2.48 bits per heavy atom. The Bertz CT molecular complexity index is 864. The van der Waals surface area contributed by atoms with E-state index in [1.165, 1.54) is 0 Å². The fourth-order valence-corrected chi connectivity index (χ4v) is 3.00. The van der Waals surface area contributed by atoms with Crippen LogP contribution in [0.3, 0.4) is 0 Å². The van der Waals surface area contributed by atoms with Crippen LogP contribution in [0.1, 0.15) is 0 Å². The maximum absolute atomic E-state index is 12.4. The Hall–Kier alpha value is -3.26. The van der Waals surface area contributed by atoms with Gasteiger partial charge in [-0.15, -0.1) is 0 Å². The Morgan fingerprint density at radius 2 is 1.63 bits per heavy atom. The third kappa shape index (κ3) is 3.80. The number of hydrogen-bond acceptors (Lipinski definition) is 6. The summed E-state index contributed by atoms with van der Waals surface area (Å²) in [4.78, 5) is 26.8. The van der Waals surface area contributed by atoms with Crippen LogP contribution in [-0.4, -0.2) is 44.9 Å². The lowest BCUT2D eigenvalue weighted by Crippen LogP contribution is -2.37.